The number of unbranched alkanes of at least 4 members (excludes halogenated alkanes) is 6. The number of nitrogens with one attached hydrogen (secondary N) is 1. The molecular weight excluding hydrogens is 206 g/mol. The highest BCUT2D eigenvalue weighted by atomic mass is 14.8. The van der Waals surface area contributed by atoms with Crippen molar-refractivity contribution < 1.29 is 0 Å². The van der Waals surface area contributed by atoms with Gasteiger partial charge in [-0.1, -0.05) is 79.6 Å². The van der Waals surface area contributed by atoms with Gasteiger partial charge in [-0.3, -0.25) is 0 Å². The second-order valence-corrected chi connectivity index (χ2v) is 5.01. The number of hydrogen-bond acceptors (Lipinski definition) is 1. The van der Waals surface area contributed by atoms with Gasteiger partial charge in [-0.25, -0.2) is 0 Å². The summed E-state index contributed by atoms with van der Waals surface area (Å²) in [4.78, 5) is 0. The molecule has 106 valence electrons. The number of rotatable bonds is 11. The third-order valence-electron chi connectivity index (χ3n) is 2.89. The van der Waals surface area contributed by atoms with Gasteiger partial charge in [-0.2, -0.15) is 0 Å². The van der Waals surface area contributed by atoms with Crippen LogP contribution in [0.1, 0.15) is 86.0 Å². The lowest BCUT2D eigenvalue weighted by atomic mass is 10.0. The van der Waals surface area contributed by atoms with E-state index in [2.05, 4.69) is 26.1 Å². The summed E-state index contributed by atoms with van der Waals surface area (Å²) in [6.07, 6.45) is 11.4. The Bertz CT molecular complexity index is 110. The zero-order valence-electron chi connectivity index (χ0n) is 13.1. The molecule has 1 heteroatoms. The Hall–Kier alpha value is -0.0400. The summed E-state index contributed by atoms with van der Waals surface area (Å²) >= 11 is 0. The SMILES string of the molecule is CC.CCNCCCCCCCCCC(C)C. The summed E-state index contributed by atoms with van der Waals surface area (Å²) in [5.74, 6) is 0.894. The highest BCUT2D eigenvalue weighted by Crippen LogP contribution is 2.11. The maximum absolute atomic E-state index is 3.37. The molecule has 0 saturated carbocycles. The minimum atomic E-state index is 0.894. The van der Waals surface area contributed by atoms with Crippen LogP contribution in [0.5, 0.6) is 0 Å². The van der Waals surface area contributed by atoms with Crippen molar-refractivity contribution in [1.82, 2.24) is 5.32 Å². The maximum Gasteiger partial charge on any atom is -0.00490 e. The predicted octanol–water partition coefficient (Wildman–Crippen LogP) is 5.40. The molecule has 0 heterocycles. The molecule has 0 aromatic rings. The third-order valence-corrected chi connectivity index (χ3v) is 2.89. The van der Waals surface area contributed by atoms with E-state index >= 15 is 0 Å². The van der Waals surface area contributed by atoms with Crippen LogP contribution >= 0.6 is 0 Å². The molecule has 0 radical (unpaired) electrons. The van der Waals surface area contributed by atoms with E-state index in [1.165, 1.54) is 57.9 Å². The first-order valence-corrected chi connectivity index (χ1v) is 7.98. The van der Waals surface area contributed by atoms with E-state index in [0.29, 0.717) is 0 Å². The molecule has 0 spiro atoms. The van der Waals surface area contributed by atoms with Crippen LogP contribution in [0.4, 0.5) is 0 Å². The summed E-state index contributed by atoms with van der Waals surface area (Å²) in [6, 6.07) is 0. The third kappa shape index (κ3) is 21.7. The molecule has 0 aromatic carbocycles. The Balaban J connectivity index is 0. The Morgan fingerprint density at radius 3 is 1.71 bits per heavy atom. The van der Waals surface area contributed by atoms with E-state index in [9.17, 15) is 0 Å². The lowest BCUT2D eigenvalue weighted by Crippen LogP contribution is -2.13. The van der Waals surface area contributed by atoms with Crippen LogP contribution in [0, 0.1) is 5.92 Å². The van der Waals surface area contributed by atoms with Crippen LogP contribution in [-0.2, 0) is 0 Å². The summed E-state index contributed by atoms with van der Waals surface area (Å²) < 4.78 is 0. The fourth-order valence-electron chi connectivity index (χ4n) is 1.86. The summed E-state index contributed by atoms with van der Waals surface area (Å²) in [5, 5.41) is 3.37. The minimum absolute atomic E-state index is 0.894. The molecule has 17 heavy (non-hydrogen) atoms. The molecule has 0 atom stereocenters. The molecule has 0 fully saturated rings. The van der Waals surface area contributed by atoms with Crippen molar-refractivity contribution in [2.45, 2.75) is 86.0 Å². The van der Waals surface area contributed by atoms with E-state index in [4.69, 9.17) is 0 Å². The van der Waals surface area contributed by atoms with Crippen molar-refractivity contribution in [2.24, 2.45) is 5.92 Å². The highest BCUT2D eigenvalue weighted by Gasteiger charge is 1.94. The first-order chi connectivity index (χ1) is 8.27. The Kier molecular flexibility index (Phi) is 20.8. The molecule has 0 bridgehead atoms. The molecular formula is C16H37N. The zero-order chi connectivity index (χ0) is 13.4. The van der Waals surface area contributed by atoms with E-state index in [0.717, 1.165) is 12.5 Å². The average molecular weight is 243 g/mol. The molecule has 0 amide bonds. The first-order valence-electron chi connectivity index (χ1n) is 7.98. The fraction of sp³-hybridized carbons (Fsp3) is 1.00. The van der Waals surface area contributed by atoms with Crippen LogP contribution < -0.4 is 5.32 Å². The van der Waals surface area contributed by atoms with Crippen LogP contribution in [0.2, 0.25) is 0 Å². The van der Waals surface area contributed by atoms with E-state index in [1.54, 1.807) is 0 Å². The normalized spacial score (nSPS) is 10.2. The van der Waals surface area contributed by atoms with Gasteiger partial charge < -0.3 is 5.32 Å². The largest absolute Gasteiger partial charge is 0.317 e. The zero-order valence-corrected chi connectivity index (χ0v) is 13.1. The Morgan fingerprint density at radius 1 is 0.765 bits per heavy atom. The highest BCUT2D eigenvalue weighted by molar-refractivity contribution is 4.50. The number of hydrogen-bond donors (Lipinski definition) is 1. The summed E-state index contributed by atoms with van der Waals surface area (Å²) in [5.41, 5.74) is 0. The van der Waals surface area contributed by atoms with Gasteiger partial charge in [0.25, 0.3) is 0 Å². The average Bonchev–Trinajstić information content (AvgIpc) is 2.34. The Labute approximate surface area is 111 Å². The molecule has 1 N–H and O–H groups in total. The fourth-order valence-corrected chi connectivity index (χ4v) is 1.86. The molecule has 0 aliphatic rings. The second kappa shape index (κ2) is 18.3. The van der Waals surface area contributed by atoms with Gasteiger partial charge in [-0.15, -0.1) is 0 Å². The van der Waals surface area contributed by atoms with Crippen molar-refractivity contribution in [1.29, 1.82) is 0 Å². The van der Waals surface area contributed by atoms with Crippen molar-refractivity contribution in [3.8, 4) is 0 Å². The first kappa shape index (κ1) is 19.3. The monoisotopic (exact) mass is 243 g/mol. The molecule has 0 unspecified atom stereocenters. The van der Waals surface area contributed by atoms with Crippen LogP contribution in [-0.4, -0.2) is 13.1 Å². The van der Waals surface area contributed by atoms with Gasteiger partial charge in [0.2, 0.25) is 0 Å². The standard InChI is InChI=1S/C14H31N.C2H6/c1-4-15-13-11-9-7-5-6-8-10-12-14(2)3;1-2/h14-15H,4-13H2,1-3H3;1-2H3. The minimum Gasteiger partial charge on any atom is -0.317 e. The van der Waals surface area contributed by atoms with Gasteiger partial charge in [0, 0.05) is 0 Å². The molecule has 0 saturated heterocycles. The van der Waals surface area contributed by atoms with Gasteiger partial charge in [0.1, 0.15) is 0 Å². The van der Waals surface area contributed by atoms with E-state index in [1.807, 2.05) is 13.8 Å². The Morgan fingerprint density at radius 2 is 1.24 bits per heavy atom. The van der Waals surface area contributed by atoms with Gasteiger partial charge in [0.15, 0.2) is 0 Å². The summed E-state index contributed by atoms with van der Waals surface area (Å²) in [7, 11) is 0. The molecule has 0 rings (SSSR count). The molecule has 0 aliphatic carbocycles. The molecule has 0 aromatic heterocycles. The maximum atomic E-state index is 3.37. The van der Waals surface area contributed by atoms with Gasteiger partial charge >= 0.3 is 0 Å². The van der Waals surface area contributed by atoms with Gasteiger partial charge in [0.05, 0.1) is 0 Å². The quantitative estimate of drug-likeness (QED) is 0.479. The lowest BCUT2D eigenvalue weighted by Gasteiger charge is -2.04. The predicted molar refractivity (Wildman–Crippen MR) is 81.7 cm³/mol. The molecule has 1 nitrogen and oxygen atoms in total. The van der Waals surface area contributed by atoms with Crippen molar-refractivity contribution in [2.75, 3.05) is 13.1 Å². The van der Waals surface area contributed by atoms with Gasteiger partial charge in [-0.05, 0) is 25.4 Å². The van der Waals surface area contributed by atoms with Crippen LogP contribution in [0.15, 0.2) is 0 Å². The van der Waals surface area contributed by atoms with Crippen molar-refractivity contribution >= 4 is 0 Å². The second-order valence-electron chi connectivity index (χ2n) is 5.01. The van der Waals surface area contributed by atoms with Crippen LogP contribution in [0.25, 0.3) is 0 Å². The van der Waals surface area contributed by atoms with E-state index in [-0.39, 0.29) is 0 Å². The van der Waals surface area contributed by atoms with E-state index < -0.39 is 0 Å². The topological polar surface area (TPSA) is 12.0 Å². The lowest BCUT2D eigenvalue weighted by molar-refractivity contribution is 0.507. The van der Waals surface area contributed by atoms with Crippen molar-refractivity contribution in [3.05, 3.63) is 0 Å². The summed E-state index contributed by atoms with van der Waals surface area (Å²) in [6.45, 7) is 13.1. The molecule has 0 aliphatic heterocycles. The smallest absolute Gasteiger partial charge is 0.00490 e. The van der Waals surface area contributed by atoms with Crippen LogP contribution in [0.3, 0.4) is 0 Å². The van der Waals surface area contributed by atoms with Crippen molar-refractivity contribution in [3.63, 3.8) is 0 Å².